The van der Waals surface area contributed by atoms with Crippen LogP contribution in [0.5, 0.6) is 0 Å². The van der Waals surface area contributed by atoms with Gasteiger partial charge in [0.15, 0.2) is 0 Å². The first kappa shape index (κ1) is 18.5. The summed E-state index contributed by atoms with van der Waals surface area (Å²) in [7, 11) is 0. The zero-order valence-electron chi connectivity index (χ0n) is 13.9. The summed E-state index contributed by atoms with van der Waals surface area (Å²) in [6, 6.07) is 5.62. The van der Waals surface area contributed by atoms with Crippen LogP contribution in [0.3, 0.4) is 0 Å². The molecule has 1 fully saturated rings. The van der Waals surface area contributed by atoms with E-state index in [-0.39, 0.29) is 30.4 Å². The lowest BCUT2D eigenvalue weighted by molar-refractivity contribution is -0.118. The summed E-state index contributed by atoms with van der Waals surface area (Å²) in [5.41, 5.74) is 2.78. The third kappa shape index (κ3) is 3.99. The molecule has 0 saturated carbocycles. The van der Waals surface area contributed by atoms with Crippen molar-refractivity contribution in [1.82, 2.24) is 10.6 Å². The second kappa shape index (κ2) is 8.35. The maximum Gasteiger partial charge on any atom is 0.321 e. The number of piperidine rings is 1. The number of hydrogen-bond donors (Lipinski definition) is 3. The smallest absolute Gasteiger partial charge is 0.321 e. The van der Waals surface area contributed by atoms with Gasteiger partial charge in [-0.3, -0.25) is 9.69 Å². The van der Waals surface area contributed by atoms with Crippen LogP contribution in [0.15, 0.2) is 18.2 Å². The fraction of sp³-hybridized carbons (Fsp3) is 0.529. The molecule has 0 spiro atoms. The van der Waals surface area contributed by atoms with Crippen LogP contribution in [-0.4, -0.2) is 37.6 Å². The Morgan fingerprint density at radius 3 is 2.88 bits per heavy atom. The van der Waals surface area contributed by atoms with Gasteiger partial charge in [-0.1, -0.05) is 12.5 Å². The molecule has 2 aliphatic rings. The van der Waals surface area contributed by atoms with Crippen LogP contribution in [0.2, 0.25) is 0 Å². The van der Waals surface area contributed by atoms with Crippen LogP contribution < -0.4 is 20.9 Å². The fourth-order valence-electron chi connectivity index (χ4n) is 3.22. The molecule has 2 aliphatic heterocycles. The lowest BCUT2D eigenvalue weighted by atomic mass is 10.0. The maximum absolute atomic E-state index is 12.3. The number of rotatable bonds is 3. The number of nitrogens with zero attached hydrogens (tertiary/aromatic N) is 1. The molecule has 0 aromatic heterocycles. The van der Waals surface area contributed by atoms with Gasteiger partial charge in [-0.2, -0.15) is 0 Å². The van der Waals surface area contributed by atoms with Gasteiger partial charge in [-0.15, -0.1) is 12.4 Å². The largest absolute Gasteiger partial charge is 0.338 e. The summed E-state index contributed by atoms with van der Waals surface area (Å²) in [6.07, 6.45) is 3.94. The zero-order valence-corrected chi connectivity index (χ0v) is 14.7. The molecule has 2 heterocycles. The molecule has 3 amide bonds. The Morgan fingerprint density at radius 1 is 1.33 bits per heavy atom. The van der Waals surface area contributed by atoms with Crippen molar-refractivity contribution in [1.29, 1.82) is 0 Å². The molecule has 3 rings (SSSR count). The molecule has 24 heavy (non-hydrogen) atoms. The van der Waals surface area contributed by atoms with E-state index in [4.69, 9.17) is 0 Å². The molecular formula is C17H25ClN4O2. The second-order valence-electron chi connectivity index (χ2n) is 6.07. The summed E-state index contributed by atoms with van der Waals surface area (Å²) < 4.78 is 0. The topological polar surface area (TPSA) is 73.5 Å². The predicted octanol–water partition coefficient (Wildman–Crippen LogP) is 2.28. The van der Waals surface area contributed by atoms with Gasteiger partial charge in [0.1, 0.15) is 0 Å². The van der Waals surface area contributed by atoms with Gasteiger partial charge in [0, 0.05) is 18.8 Å². The molecule has 3 N–H and O–H groups in total. The van der Waals surface area contributed by atoms with Gasteiger partial charge in [0.25, 0.3) is 0 Å². The van der Waals surface area contributed by atoms with E-state index in [1.54, 1.807) is 4.90 Å². The van der Waals surface area contributed by atoms with Crippen LogP contribution in [0.4, 0.5) is 16.2 Å². The number of fused-ring (bicyclic) bond motifs is 1. The molecule has 6 nitrogen and oxygen atoms in total. The highest BCUT2D eigenvalue weighted by molar-refractivity contribution is 5.98. The summed E-state index contributed by atoms with van der Waals surface area (Å²) in [5.74, 6) is 0.00667. The van der Waals surface area contributed by atoms with E-state index >= 15 is 0 Å². The average molecular weight is 353 g/mol. The molecule has 0 radical (unpaired) electrons. The summed E-state index contributed by atoms with van der Waals surface area (Å²) in [4.78, 5) is 26.2. The van der Waals surface area contributed by atoms with Gasteiger partial charge < -0.3 is 16.0 Å². The fourth-order valence-corrected chi connectivity index (χ4v) is 3.22. The van der Waals surface area contributed by atoms with Crippen molar-refractivity contribution < 1.29 is 9.59 Å². The monoisotopic (exact) mass is 352 g/mol. The number of nitrogens with one attached hydrogen (secondary N) is 3. The van der Waals surface area contributed by atoms with Crippen molar-refractivity contribution in [3.63, 3.8) is 0 Å². The third-order valence-electron chi connectivity index (χ3n) is 4.45. The van der Waals surface area contributed by atoms with E-state index in [0.717, 1.165) is 49.2 Å². The van der Waals surface area contributed by atoms with Crippen LogP contribution >= 0.6 is 12.4 Å². The molecule has 1 aromatic carbocycles. The highest BCUT2D eigenvalue weighted by Crippen LogP contribution is 2.31. The van der Waals surface area contributed by atoms with Crippen LogP contribution in [-0.2, 0) is 11.2 Å². The number of anilines is 2. The van der Waals surface area contributed by atoms with Crippen LogP contribution in [0, 0.1) is 0 Å². The third-order valence-corrected chi connectivity index (χ3v) is 4.45. The average Bonchev–Trinajstić information content (AvgIpc) is 2.99. The SMILES string of the molecule is CCNC(=O)N1CCc2ccc(NC(=O)C3CCCCN3)cc21.Cl. The first-order chi connectivity index (χ1) is 11.2. The maximum atomic E-state index is 12.3. The van der Waals surface area contributed by atoms with Crippen molar-refractivity contribution in [2.45, 2.75) is 38.6 Å². The Hall–Kier alpha value is -1.79. The number of benzene rings is 1. The standard InChI is InChI=1S/C17H24N4O2.ClH/c1-2-18-17(23)21-10-8-12-6-7-13(11-15(12)21)20-16(22)14-5-3-4-9-19-14;/h6-7,11,14,19H,2-5,8-10H2,1H3,(H,18,23)(H,20,22);1H. The van der Waals surface area contributed by atoms with Gasteiger partial charge in [0.2, 0.25) is 5.91 Å². The lowest BCUT2D eigenvalue weighted by Crippen LogP contribution is -2.43. The number of amides is 3. The molecule has 1 aromatic rings. The van der Waals surface area contributed by atoms with Crippen molar-refractivity contribution >= 4 is 35.7 Å². The van der Waals surface area contributed by atoms with Gasteiger partial charge in [-0.25, -0.2) is 4.79 Å². The number of carbonyl (C=O) groups excluding carboxylic acids is 2. The zero-order chi connectivity index (χ0) is 16.2. The molecule has 1 atom stereocenters. The molecule has 0 aliphatic carbocycles. The number of hydrogen-bond acceptors (Lipinski definition) is 3. The number of carbonyl (C=O) groups is 2. The Morgan fingerprint density at radius 2 is 2.17 bits per heavy atom. The number of urea groups is 1. The van der Waals surface area contributed by atoms with Crippen molar-refractivity contribution in [2.75, 3.05) is 29.9 Å². The highest BCUT2D eigenvalue weighted by Gasteiger charge is 2.25. The van der Waals surface area contributed by atoms with Gasteiger partial charge >= 0.3 is 6.03 Å². The minimum atomic E-state index is -0.114. The van der Waals surface area contributed by atoms with E-state index in [9.17, 15) is 9.59 Å². The molecular weight excluding hydrogens is 328 g/mol. The van der Waals surface area contributed by atoms with Crippen molar-refractivity contribution in [3.8, 4) is 0 Å². The Labute approximate surface area is 148 Å². The van der Waals surface area contributed by atoms with Gasteiger partial charge in [0.05, 0.1) is 11.7 Å². The predicted molar refractivity (Wildman–Crippen MR) is 98.1 cm³/mol. The normalized spacial score (nSPS) is 19.2. The Balaban J connectivity index is 0.00000208. The number of halogens is 1. The minimum absolute atomic E-state index is 0. The van der Waals surface area contributed by atoms with Crippen LogP contribution in [0.1, 0.15) is 31.7 Å². The molecule has 0 bridgehead atoms. The Bertz CT molecular complexity index is 602. The summed E-state index contributed by atoms with van der Waals surface area (Å²) >= 11 is 0. The quantitative estimate of drug-likeness (QED) is 0.781. The van der Waals surface area contributed by atoms with E-state index in [0.29, 0.717) is 13.1 Å². The van der Waals surface area contributed by atoms with E-state index in [1.807, 2.05) is 25.1 Å². The van der Waals surface area contributed by atoms with E-state index in [2.05, 4.69) is 16.0 Å². The summed E-state index contributed by atoms with van der Waals surface area (Å²) in [5, 5.41) is 9.05. The second-order valence-corrected chi connectivity index (χ2v) is 6.07. The van der Waals surface area contributed by atoms with E-state index in [1.165, 1.54) is 0 Å². The van der Waals surface area contributed by atoms with Crippen molar-refractivity contribution in [3.05, 3.63) is 23.8 Å². The summed E-state index contributed by atoms with van der Waals surface area (Å²) in [6.45, 7) is 4.09. The minimum Gasteiger partial charge on any atom is -0.338 e. The highest BCUT2D eigenvalue weighted by atomic mass is 35.5. The molecule has 1 saturated heterocycles. The first-order valence-corrected chi connectivity index (χ1v) is 8.41. The molecule has 1 unspecified atom stereocenters. The first-order valence-electron chi connectivity index (χ1n) is 8.41. The van der Waals surface area contributed by atoms with E-state index < -0.39 is 0 Å². The molecule has 132 valence electrons. The van der Waals surface area contributed by atoms with Crippen molar-refractivity contribution in [2.24, 2.45) is 0 Å². The lowest BCUT2D eigenvalue weighted by Gasteiger charge is -2.23. The van der Waals surface area contributed by atoms with Crippen LogP contribution in [0.25, 0.3) is 0 Å². The molecule has 7 heteroatoms. The van der Waals surface area contributed by atoms with Gasteiger partial charge in [-0.05, 0) is 50.4 Å². The Kier molecular flexibility index (Phi) is 6.45.